The van der Waals surface area contributed by atoms with Crippen molar-refractivity contribution in [2.45, 2.75) is 12.8 Å². The summed E-state index contributed by atoms with van der Waals surface area (Å²) in [4.78, 5) is 0. The molecule has 0 aliphatic rings. The Morgan fingerprint density at radius 2 is 1.45 bits per heavy atom. The van der Waals surface area contributed by atoms with Crippen molar-refractivity contribution in [2.75, 3.05) is 13.2 Å². The van der Waals surface area contributed by atoms with Gasteiger partial charge in [-0.2, -0.15) is 0 Å². The Morgan fingerprint density at radius 3 is 2.15 bits per heavy atom. The third-order valence-corrected chi connectivity index (χ3v) is 2.91. The Bertz CT molecular complexity index is 520. The van der Waals surface area contributed by atoms with E-state index in [-0.39, 0.29) is 0 Å². The molecule has 2 heteroatoms. The van der Waals surface area contributed by atoms with Crippen LogP contribution in [0.1, 0.15) is 18.4 Å². The minimum Gasteiger partial charge on any atom is -0.494 e. The lowest BCUT2D eigenvalue weighted by atomic mass is 10.2. The number of hydrogen-bond acceptors (Lipinski definition) is 2. The molecule has 0 radical (unpaired) electrons. The van der Waals surface area contributed by atoms with E-state index in [1.54, 1.807) is 0 Å². The number of ether oxygens (including phenoxy) is 2. The van der Waals surface area contributed by atoms with Crippen molar-refractivity contribution in [3.63, 3.8) is 0 Å². The van der Waals surface area contributed by atoms with E-state index in [0.29, 0.717) is 6.61 Å². The minimum absolute atomic E-state index is 0.707. The van der Waals surface area contributed by atoms with Crippen molar-refractivity contribution in [3.8, 4) is 11.5 Å². The summed E-state index contributed by atoms with van der Waals surface area (Å²) in [6, 6.07) is 17.8. The first kappa shape index (κ1) is 14.2. The highest BCUT2D eigenvalue weighted by atomic mass is 16.5. The predicted octanol–water partition coefficient (Wildman–Crippen LogP) is 4.57. The molecule has 0 heterocycles. The molecule has 0 aliphatic carbocycles. The van der Waals surface area contributed by atoms with E-state index in [2.05, 4.69) is 6.58 Å². The maximum Gasteiger partial charge on any atom is 0.119 e. The third-order valence-electron chi connectivity index (χ3n) is 2.91. The topological polar surface area (TPSA) is 18.5 Å². The second kappa shape index (κ2) is 8.05. The van der Waals surface area contributed by atoms with E-state index < -0.39 is 0 Å². The van der Waals surface area contributed by atoms with Crippen LogP contribution in [0, 0.1) is 0 Å². The van der Waals surface area contributed by atoms with Crippen LogP contribution in [-0.4, -0.2) is 13.2 Å². The molecule has 2 aromatic carbocycles. The lowest BCUT2D eigenvalue weighted by Crippen LogP contribution is -2.02. The van der Waals surface area contributed by atoms with E-state index in [4.69, 9.17) is 9.47 Å². The van der Waals surface area contributed by atoms with Gasteiger partial charge in [0.2, 0.25) is 0 Å². The third kappa shape index (κ3) is 4.81. The summed E-state index contributed by atoms with van der Waals surface area (Å²) in [5, 5.41) is 0. The maximum atomic E-state index is 5.70. The quantitative estimate of drug-likeness (QED) is 0.653. The SMILES string of the molecule is C=Cc1cccc(OCCCCOc2ccccc2)c1. The summed E-state index contributed by atoms with van der Waals surface area (Å²) in [5.74, 6) is 1.82. The fourth-order valence-corrected chi connectivity index (χ4v) is 1.83. The zero-order valence-electron chi connectivity index (χ0n) is 11.6. The minimum atomic E-state index is 0.707. The van der Waals surface area contributed by atoms with Crippen molar-refractivity contribution < 1.29 is 9.47 Å². The Morgan fingerprint density at radius 1 is 0.800 bits per heavy atom. The molecule has 20 heavy (non-hydrogen) atoms. The Kier molecular flexibility index (Phi) is 5.71. The van der Waals surface area contributed by atoms with Crippen LogP contribution >= 0.6 is 0 Å². The number of hydrogen-bond donors (Lipinski definition) is 0. The van der Waals surface area contributed by atoms with Crippen molar-refractivity contribution in [1.82, 2.24) is 0 Å². The van der Waals surface area contributed by atoms with Crippen LogP contribution in [0.25, 0.3) is 6.08 Å². The number of rotatable bonds is 8. The second-order valence-corrected chi connectivity index (χ2v) is 4.49. The number of unbranched alkanes of at least 4 members (excludes halogenated alkanes) is 1. The molecule has 0 N–H and O–H groups in total. The van der Waals surface area contributed by atoms with Crippen LogP contribution in [-0.2, 0) is 0 Å². The fraction of sp³-hybridized carbons (Fsp3) is 0.222. The molecule has 104 valence electrons. The van der Waals surface area contributed by atoms with Crippen molar-refractivity contribution in [3.05, 3.63) is 66.7 Å². The molecule has 0 aromatic heterocycles. The molecule has 0 saturated heterocycles. The van der Waals surface area contributed by atoms with E-state index in [1.807, 2.05) is 60.7 Å². The van der Waals surface area contributed by atoms with Gasteiger partial charge in [-0.3, -0.25) is 0 Å². The van der Waals surface area contributed by atoms with Gasteiger partial charge in [-0.15, -0.1) is 0 Å². The lowest BCUT2D eigenvalue weighted by molar-refractivity contribution is 0.266. The second-order valence-electron chi connectivity index (χ2n) is 4.49. The molecule has 2 rings (SSSR count). The Labute approximate surface area is 120 Å². The fourth-order valence-electron chi connectivity index (χ4n) is 1.83. The molecule has 0 fully saturated rings. The van der Waals surface area contributed by atoms with Crippen LogP contribution < -0.4 is 9.47 Å². The standard InChI is InChI=1S/C18H20O2/c1-2-16-9-8-12-18(15-16)20-14-7-6-13-19-17-10-4-3-5-11-17/h2-5,8-12,15H,1,6-7,13-14H2. The summed E-state index contributed by atoms with van der Waals surface area (Å²) in [5.41, 5.74) is 1.08. The first-order valence-corrected chi connectivity index (χ1v) is 6.91. The molecule has 2 aromatic rings. The Balaban J connectivity index is 1.60. The monoisotopic (exact) mass is 268 g/mol. The molecular formula is C18H20O2. The molecule has 2 nitrogen and oxygen atoms in total. The molecule has 0 atom stereocenters. The van der Waals surface area contributed by atoms with E-state index >= 15 is 0 Å². The average Bonchev–Trinajstić information content (AvgIpc) is 2.52. The first-order valence-electron chi connectivity index (χ1n) is 6.91. The largest absolute Gasteiger partial charge is 0.494 e. The van der Waals surface area contributed by atoms with Gasteiger partial charge in [0.25, 0.3) is 0 Å². The first-order chi connectivity index (χ1) is 9.88. The van der Waals surface area contributed by atoms with Gasteiger partial charge >= 0.3 is 0 Å². The van der Waals surface area contributed by atoms with Crippen LogP contribution in [0.4, 0.5) is 0 Å². The number of para-hydroxylation sites is 1. The molecule has 0 bridgehead atoms. The molecule has 0 aliphatic heterocycles. The zero-order valence-corrected chi connectivity index (χ0v) is 11.6. The van der Waals surface area contributed by atoms with Crippen LogP contribution in [0.2, 0.25) is 0 Å². The average molecular weight is 268 g/mol. The summed E-state index contributed by atoms with van der Waals surface area (Å²) < 4.78 is 11.3. The maximum absolute atomic E-state index is 5.70. The highest BCUT2D eigenvalue weighted by Crippen LogP contribution is 2.14. The predicted molar refractivity (Wildman–Crippen MR) is 83.2 cm³/mol. The van der Waals surface area contributed by atoms with Gasteiger partial charge in [0, 0.05) is 0 Å². The lowest BCUT2D eigenvalue weighted by Gasteiger charge is -2.08. The normalized spacial score (nSPS) is 10.0. The van der Waals surface area contributed by atoms with Gasteiger partial charge < -0.3 is 9.47 Å². The van der Waals surface area contributed by atoms with Gasteiger partial charge in [-0.05, 0) is 42.7 Å². The van der Waals surface area contributed by atoms with Gasteiger partial charge in [0.15, 0.2) is 0 Å². The highest BCUT2D eigenvalue weighted by Gasteiger charge is 1.96. The van der Waals surface area contributed by atoms with Crippen LogP contribution in [0.5, 0.6) is 11.5 Å². The van der Waals surface area contributed by atoms with E-state index in [0.717, 1.165) is 36.5 Å². The summed E-state index contributed by atoms with van der Waals surface area (Å²) >= 11 is 0. The molecular weight excluding hydrogens is 248 g/mol. The summed E-state index contributed by atoms with van der Waals surface area (Å²) in [6.07, 6.45) is 3.78. The van der Waals surface area contributed by atoms with Crippen LogP contribution in [0.3, 0.4) is 0 Å². The van der Waals surface area contributed by atoms with Crippen molar-refractivity contribution in [1.29, 1.82) is 0 Å². The highest BCUT2D eigenvalue weighted by molar-refractivity contribution is 5.49. The van der Waals surface area contributed by atoms with Gasteiger partial charge in [-0.1, -0.05) is 43.0 Å². The van der Waals surface area contributed by atoms with E-state index in [1.165, 1.54) is 0 Å². The van der Waals surface area contributed by atoms with Crippen molar-refractivity contribution in [2.24, 2.45) is 0 Å². The van der Waals surface area contributed by atoms with Crippen molar-refractivity contribution >= 4 is 6.08 Å². The molecule has 0 unspecified atom stereocenters. The Hall–Kier alpha value is -2.22. The molecule has 0 saturated carbocycles. The zero-order chi connectivity index (χ0) is 14.0. The summed E-state index contributed by atoms with van der Waals surface area (Å²) in [6.45, 7) is 5.18. The molecule has 0 spiro atoms. The smallest absolute Gasteiger partial charge is 0.119 e. The number of benzene rings is 2. The van der Waals surface area contributed by atoms with Gasteiger partial charge in [0.1, 0.15) is 11.5 Å². The molecule has 0 amide bonds. The van der Waals surface area contributed by atoms with Gasteiger partial charge in [-0.25, -0.2) is 0 Å². The van der Waals surface area contributed by atoms with Crippen LogP contribution in [0.15, 0.2) is 61.2 Å². The van der Waals surface area contributed by atoms with E-state index in [9.17, 15) is 0 Å². The van der Waals surface area contributed by atoms with Gasteiger partial charge in [0.05, 0.1) is 13.2 Å². The summed E-state index contributed by atoms with van der Waals surface area (Å²) in [7, 11) is 0.